The highest BCUT2D eigenvalue weighted by Gasteiger charge is 2.16. The van der Waals surface area contributed by atoms with Gasteiger partial charge in [0.15, 0.2) is 0 Å². The Morgan fingerprint density at radius 2 is 2.30 bits per heavy atom. The van der Waals surface area contributed by atoms with Crippen molar-refractivity contribution in [1.82, 2.24) is 10.6 Å². The molecule has 1 aromatic rings. The molecular weight excluding hydrogens is 332 g/mol. The van der Waals surface area contributed by atoms with Crippen LogP contribution < -0.4 is 15.4 Å². The molecule has 0 aliphatic carbocycles. The van der Waals surface area contributed by atoms with E-state index in [1.54, 1.807) is 0 Å². The third-order valence-electron chi connectivity index (χ3n) is 3.40. The molecule has 4 nitrogen and oxygen atoms in total. The lowest BCUT2D eigenvalue weighted by molar-refractivity contribution is -0.121. The molecule has 6 heteroatoms. The van der Waals surface area contributed by atoms with E-state index in [9.17, 15) is 4.79 Å². The van der Waals surface area contributed by atoms with Crippen LogP contribution in [0.1, 0.15) is 25.8 Å². The van der Waals surface area contributed by atoms with Gasteiger partial charge in [-0.2, -0.15) is 11.8 Å². The van der Waals surface area contributed by atoms with E-state index in [0.29, 0.717) is 31.5 Å². The number of rotatable bonds is 7. The first kappa shape index (κ1) is 20.1. The molecule has 0 aromatic heterocycles. The molecule has 1 heterocycles. The molecule has 1 aromatic carbocycles. The zero-order chi connectivity index (χ0) is 15.8. The maximum atomic E-state index is 12.0. The Hall–Kier alpha value is -0.910. The van der Waals surface area contributed by atoms with Crippen molar-refractivity contribution in [3.8, 4) is 5.75 Å². The van der Waals surface area contributed by atoms with Crippen molar-refractivity contribution in [3.05, 3.63) is 29.8 Å². The number of benzene rings is 1. The maximum Gasteiger partial charge on any atom is 0.221 e. The van der Waals surface area contributed by atoms with Gasteiger partial charge in [-0.05, 0) is 23.6 Å². The molecule has 2 rings (SSSR count). The summed E-state index contributed by atoms with van der Waals surface area (Å²) in [5.41, 5.74) is 1.07. The van der Waals surface area contributed by atoms with E-state index >= 15 is 0 Å². The van der Waals surface area contributed by atoms with E-state index < -0.39 is 0 Å². The fourth-order valence-electron chi connectivity index (χ4n) is 2.26. The van der Waals surface area contributed by atoms with Crippen LogP contribution in [0.15, 0.2) is 24.3 Å². The van der Waals surface area contributed by atoms with Crippen LogP contribution in [0.2, 0.25) is 0 Å². The third kappa shape index (κ3) is 7.95. The number of hydrogen-bond donors (Lipinski definition) is 2. The van der Waals surface area contributed by atoms with Crippen molar-refractivity contribution >= 4 is 30.1 Å². The number of amides is 1. The Labute approximate surface area is 149 Å². The monoisotopic (exact) mass is 358 g/mol. The highest BCUT2D eigenvalue weighted by molar-refractivity contribution is 7.99. The van der Waals surface area contributed by atoms with Gasteiger partial charge in [0.2, 0.25) is 5.91 Å². The fourth-order valence-corrected chi connectivity index (χ4v) is 3.20. The van der Waals surface area contributed by atoms with E-state index in [1.807, 2.05) is 36.0 Å². The summed E-state index contributed by atoms with van der Waals surface area (Å²) in [7, 11) is 0. The third-order valence-corrected chi connectivity index (χ3v) is 4.53. The lowest BCUT2D eigenvalue weighted by Crippen LogP contribution is -2.41. The Kier molecular flexibility index (Phi) is 9.44. The average Bonchev–Trinajstić information content (AvgIpc) is 2.52. The van der Waals surface area contributed by atoms with Gasteiger partial charge in [0.1, 0.15) is 5.75 Å². The Bertz CT molecular complexity index is 479. The predicted molar refractivity (Wildman–Crippen MR) is 99.6 cm³/mol. The molecule has 1 aliphatic rings. The smallest absolute Gasteiger partial charge is 0.221 e. The van der Waals surface area contributed by atoms with E-state index in [1.165, 1.54) is 0 Å². The number of carbonyl (C=O) groups excluding carboxylic acids is 1. The zero-order valence-electron chi connectivity index (χ0n) is 13.8. The molecule has 0 radical (unpaired) electrons. The summed E-state index contributed by atoms with van der Waals surface area (Å²) in [5, 5.41) is 6.38. The van der Waals surface area contributed by atoms with Gasteiger partial charge in [-0.15, -0.1) is 12.4 Å². The van der Waals surface area contributed by atoms with Crippen molar-refractivity contribution in [2.24, 2.45) is 5.92 Å². The van der Waals surface area contributed by atoms with Crippen LogP contribution in [-0.4, -0.2) is 36.6 Å². The van der Waals surface area contributed by atoms with Crippen LogP contribution in [0.25, 0.3) is 0 Å². The molecule has 0 bridgehead atoms. The summed E-state index contributed by atoms with van der Waals surface area (Å²) < 4.78 is 5.71. The van der Waals surface area contributed by atoms with Crippen molar-refractivity contribution in [2.75, 3.05) is 24.7 Å². The molecule has 1 aliphatic heterocycles. The van der Waals surface area contributed by atoms with Crippen molar-refractivity contribution < 1.29 is 9.53 Å². The molecule has 1 unspecified atom stereocenters. The van der Waals surface area contributed by atoms with Gasteiger partial charge >= 0.3 is 0 Å². The standard InChI is InChI=1S/C17H26N2O2S.ClH/c1-13(2)11-21-16-5-3-4-14(8-16)10-19-17(20)9-15-12-22-7-6-18-15;/h3-5,8,13,15,18H,6-7,9-12H2,1-2H3,(H,19,20);1H. The second kappa shape index (κ2) is 10.8. The van der Waals surface area contributed by atoms with Crippen LogP contribution in [0.5, 0.6) is 5.75 Å². The van der Waals surface area contributed by atoms with E-state index in [4.69, 9.17) is 4.74 Å². The molecule has 1 atom stereocenters. The number of ether oxygens (including phenoxy) is 1. The minimum Gasteiger partial charge on any atom is -0.493 e. The Morgan fingerprint density at radius 3 is 3.00 bits per heavy atom. The number of thioether (sulfide) groups is 1. The second-order valence-corrected chi connectivity index (χ2v) is 7.21. The van der Waals surface area contributed by atoms with Gasteiger partial charge in [0.05, 0.1) is 6.61 Å². The van der Waals surface area contributed by atoms with Gasteiger partial charge in [-0.3, -0.25) is 4.79 Å². The summed E-state index contributed by atoms with van der Waals surface area (Å²) >= 11 is 1.91. The molecule has 0 saturated carbocycles. The molecule has 23 heavy (non-hydrogen) atoms. The predicted octanol–water partition coefficient (Wildman–Crippen LogP) is 2.85. The SMILES string of the molecule is CC(C)COc1cccc(CNC(=O)CC2CSCCN2)c1.Cl. The minimum atomic E-state index is 0. The largest absolute Gasteiger partial charge is 0.493 e. The normalized spacial score (nSPS) is 17.4. The molecule has 1 fully saturated rings. The first-order chi connectivity index (χ1) is 10.6. The average molecular weight is 359 g/mol. The quantitative estimate of drug-likeness (QED) is 0.787. The molecule has 130 valence electrons. The lowest BCUT2D eigenvalue weighted by atomic mass is 10.2. The first-order valence-corrected chi connectivity index (χ1v) is 9.08. The number of carbonyl (C=O) groups is 1. The van der Waals surface area contributed by atoms with E-state index in [2.05, 4.69) is 24.5 Å². The second-order valence-electron chi connectivity index (χ2n) is 6.06. The Balaban J connectivity index is 0.00000264. The van der Waals surface area contributed by atoms with Crippen molar-refractivity contribution in [1.29, 1.82) is 0 Å². The first-order valence-electron chi connectivity index (χ1n) is 7.93. The zero-order valence-corrected chi connectivity index (χ0v) is 15.5. The maximum absolute atomic E-state index is 12.0. The summed E-state index contributed by atoms with van der Waals surface area (Å²) in [4.78, 5) is 12.0. The van der Waals surface area contributed by atoms with Crippen molar-refractivity contribution in [3.63, 3.8) is 0 Å². The highest BCUT2D eigenvalue weighted by atomic mass is 35.5. The topological polar surface area (TPSA) is 50.4 Å². The number of halogens is 1. The fraction of sp³-hybridized carbons (Fsp3) is 0.588. The minimum absolute atomic E-state index is 0. The van der Waals surface area contributed by atoms with E-state index in [-0.39, 0.29) is 18.3 Å². The number of nitrogens with one attached hydrogen (secondary N) is 2. The molecule has 1 saturated heterocycles. The van der Waals surface area contributed by atoms with Gasteiger partial charge in [0, 0.05) is 37.1 Å². The summed E-state index contributed by atoms with van der Waals surface area (Å²) in [6, 6.07) is 8.24. The highest BCUT2D eigenvalue weighted by Crippen LogP contribution is 2.14. The number of hydrogen-bond acceptors (Lipinski definition) is 4. The summed E-state index contributed by atoms with van der Waals surface area (Å²) in [6.45, 7) is 6.51. The van der Waals surface area contributed by atoms with Gasteiger partial charge in [-0.1, -0.05) is 26.0 Å². The van der Waals surface area contributed by atoms with Crippen LogP contribution in [0.4, 0.5) is 0 Å². The summed E-state index contributed by atoms with van der Waals surface area (Å²) in [5.74, 6) is 3.64. The lowest BCUT2D eigenvalue weighted by Gasteiger charge is -2.22. The summed E-state index contributed by atoms with van der Waals surface area (Å²) in [6.07, 6.45) is 0.552. The van der Waals surface area contributed by atoms with Crippen LogP contribution in [0, 0.1) is 5.92 Å². The molecule has 0 spiro atoms. The van der Waals surface area contributed by atoms with Gasteiger partial charge in [0.25, 0.3) is 0 Å². The molecule has 2 N–H and O–H groups in total. The van der Waals surface area contributed by atoms with E-state index in [0.717, 1.165) is 29.4 Å². The Morgan fingerprint density at radius 1 is 1.48 bits per heavy atom. The van der Waals surface area contributed by atoms with Crippen LogP contribution in [-0.2, 0) is 11.3 Å². The van der Waals surface area contributed by atoms with Crippen LogP contribution in [0.3, 0.4) is 0 Å². The molecular formula is C17H27ClN2O2S. The molecule has 1 amide bonds. The van der Waals surface area contributed by atoms with Gasteiger partial charge in [-0.25, -0.2) is 0 Å². The van der Waals surface area contributed by atoms with Crippen molar-refractivity contribution in [2.45, 2.75) is 32.9 Å². The van der Waals surface area contributed by atoms with Gasteiger partial charge < -0.3 is 15.4 Å². The van der Waals surface area contributed by atoms with Crippen LogP contribution >= 0.6 is 24.2 Å².